The summed E-state index contributed by atoms with van der Waals surface area (Å²) in [6.45, 7) is 0.836. The van der Waals surface area contributed by atoms with Crippen molar-refractivity contribution in [3.05, 3.63) is 91.5 Å². The van der Waals surface area contributed by atoms with E-state index in [9.17, 15) is 25.0 Å². The van der Waals surface area contributed by atoms with Crippen LogP contribution in [0.1, 0.15) is 27.3 Å². The van der Waals surface area contributed by atoms with Gasteiger partial charge in [0.15, 0.2) is 5.82 Å². The van der Waals surface area contributed by atoms with Crippen molar-refractivity contribution < 1.29 is 14.6 Å². The number of nitrogens with zero attached hydrogens (tertiary/aromatic N) is 5. The minimum absolute atomic E-state index is 0.0129. The molecule has 3 aromatic rings. The van der Waals surface area contributed by atoms with Gasteiger partial charge in [-0.2, -0.15) is 0 Å². The van der Waals surface area contributed by atoms with Gasteiger partial charge in [-0.25, -0.2) is 4.98 Å². The van der Waals surface area contributed by atoms with Crippen LogP contribution in [0.3, 0.4) is 0 Å². The number of aryl methyl sites for hydroxylation is 1. The fraction of sp³-hybridized carbons (Fsp3) is 0.200. The first kappa shape index (κ1) is 19.2. The highest BCUT2D eigenvalue weighted by molar-refractivity contribution is 6.07. The van der Waals surface area contributed by atoms with Crippen LogP contribution in [0.4, 0.5) is 17.1 Å². The van der Waals surface area contributed by atoms with Crippen molar-refractivity contribution in [3.63, 3.8) is 0 Å². The zero-order chi connectivity index (χ0) is 21.4. The van der Waals surface area contributed by atoms with E-state index in [4.69, 9.17) is 0 Å². The number of hydrogen-bond acceptors (Lipinski definition) is 7. The van der Waals surface area contributed by atoms with E-state index in [2.05, 4.69) is 4.98 Å². The molecule has 0 aliphatic carbocycles. The van der Waals surface area contributed by atoms with Crippen molar-refractivity contribution in [2.75, 3.05) is 11.4 Å². The van der Waals surface area contributed by atoms with Gasteiger partial charge in [0.1, 0.15) is 5.69 Å². The van der Waals surface area contributed by atoms with Crippen molar-refractivity contribution in [1.82, 2.24) is 9.55 Å². The Bertz CT molecular complexity index is 1190. The lowest BCUT2D eigenvalue weighted by molar-refractivity contribution is -0.384. The number of nitro benzene ring substituents is 2. The fourth-order valence-electron chi connectivity index (χ4n) is 3.65. The molecule has 10 heteroatoms. The van der Waals surface area contributed by atoms with Crippen LogP contribution in [-0.2, 0) is 20.0 Å². The highest BCUT2D eigenvalue weighted by Gasteiger charge is 2.26. The minimum Gasteiger partial charge on any atom is -0.361 e. The van der Waals surface area contributed by atoms with E-state index in [0.29, 0.717) is 25.2 Å². The lowest BCUT2D eigenvalue weighted by Gasteiger charge is -2.30. The van der Waals surface area contributed by atoms with Gasteiger partial charge in [-0.3, -0.25) is 25.0 Å². The highest BCUT2D eigenvalue weighted by atomic mass is 16.6. The fourth-order valence-corrected chi connectivity index (χ4v) is 3.65. The molecule has 30 heavy (non-hydrogen) atoms. The maximum Gasteiger partial charge on any atom is 0.293 e. The van der Waals surface area contributed by atoms with Crippen molar-refractivity contribution >= 4 is 22.8 Å². The number of ketones is 1. The third kappa shape index (κ3) is 3.39. The molecule has 0 fully saturated rings. The zero-order valence-corrected chi connectivity index (χ0v) is 16.0. The maximum absolute atomic E-state index is 12.7. The zero-order valence-electron chi connectivity index (χ0n) is 16.0. The minimum atomic E-state index is -0.520. The monoisotopic (exact) mass is 407 g/mol. The SMILES string of the molecule is Cn1ccnc1C(=O)c1ccc(N2CCc3ccc([N+](=O)[O-])cc3C2)c([N+](=O)[O-])c1. The van der Waals surface area contributed by atoms with Gasteiger partial charge < -0.3 is 9.47 Å². The molecule has 0 atom stereocenters. The normalized spacial score (nSPS) is 13.0. The molecular weight excluding hydrogens is 390 g/mol. The molecule has 152 valence electrons. The van der Waals surface area contributed by atoms with Gasteiger partial charge in [0.25, 0.3) is 11.4 Å². The number of fused-ring (bicyclic) bond motifs is 1. The summed E-state index contributed by atoms with van der Waals surface area (Å²) in [7, 11) is 1.67. The van der Waals surface area contributed by atoms with Crippen LogP contribution < -0.4 is 4.90 Å². The molecule has 0 spiro atoms. The van der Waals surface area contributed by atoms with Crippen molar-refractivity contribution in [3.8, 4) is 0 Å². The van der Waals surface area contributed by atoms with Crippen LogP contribution in [0, 0.1) is 20.2 Å². The van der Waals surface area contributed by atoms with E-state index >= 15 is 0 Å². The van der Waals surface area contributed by atoms with Crippen LogP contribution in [0.5, 0.6) is 0 Å². The molecule has 0 N–H and O–H groups in total. The van der Waals surface area contributed by atoms with Crippen LogP contribution in [0.2, 0.25) is 0 Å². The summed E-state index contributed by atoms with van der Waals surface area (Å²) in [5, 5.41) is 22.8. The smallest absolute Gasteiger partial charge is 0.293 e. The number of carbonyl (C=O) groups excluding carboxylic acids is 1. The lowest BCUT2D eigenvalue weighted by atomic mass is 9.98. The maximum atomic E-state index is 12.7. The molecule has 0 amide bonds. The van der Waals surface area contributed by atoms with Crippen LogP contribution >= 0.6 is 0 Å². The van der Waals surface area contributed by atoms with Gasteiger partial charge >= 0.3 is 0 Å². The van der Waals surface area contributed by atoms with Crippen molar-refractivity contribution in [1.29, 1.82) is 0 Å². The van der Waals surface area contributed by atoms with Gasteiger partial charge in [0, 0.05) is 56.3 Å². The first-order valence-electron chi connectivity index (χ1n) is 9.17. The third-order valence-corrected chi connectivity index (χ3v) is 5.21. The number of nitro groups is 2. The molecule has 1 aromatic heterocycles. The average Bonchev–Trinajstić information content (AvgIpc) is 3.17. The van der Waals surface area contributed by atoms with Crippen molar-refractivity contribution in [2.24, 2.45) is 7.05 Å². The summed E-state index contributed by atoms with van der Waals surface area (Å²) in [5.74, 6) is -0.215. The Labute approximate surface area is 170 Å². The Morgan fingerprint density at radius 1 is 1.07 bits per heavy atom. The first-order chi connectivity index (χ1) is 14.3. The number of rotatable bonds is 5. The Morgan fingerprint density at radius 2 is 1.87 bits per heavy atom. The molecular formula is C20H17N5O5. The highest BCUT2D eigenvalue weighted by Crippen LogP contribution is 2.34. The first-order valence-corrected chi connectivity index (χ1v) is 9.17. The van der Waals surface area contributed by atoms with Gasteiger partial charge in [-0.15, -0.1) is 0 Å². The van der Waals surface area contributed by atoms with E-state index < -0.39 is 15.6 Å². The van der Waals surface area contributed by atoms with E-state index in [0.717, 1.165) is 11.1 Å². The van der Waals surface area contributed by atoms with Crippen molar-refractivity contribution in [2.45, 2.75) is 13.0 Å². The van der Waals surface area contributed by atoms with E-state index in [1.165, 1.54) is 24.4 Å². The second-order valence-corrected chi connectivity index (χ2v) is 7.03. The van der Waals surface area contributed by atoms with E-state index in [1.54, 1.807) is 40.9 Å². The van der Waals surface area contributed by atoms with Gasteiger partial charge in [0.2, 0.25) is 5.78 Å². The van der Waals surface area contributed by atoms with Gasteiger partial charge in [0.05, 0.1) is 9.85 Å². The number of non-ortho nitro benzene ring substituents is 1. The number of hydrogen-bond donors (Lipinski definition) is 0. The largest absolute Gasteiger partial charge is 0.361 e. The second kappa shape index (κ2) is 7.39. The topological polar surface area (TPSA) is 124 Å². The van der Waals surface area contributed by atoms with Gasteiger partial charge in [-0.05, 0) is 29.7 Å². The van der Waals surface area contributed by atoms with E-state index in [1.807, 2.05) is 0 Å². The number of aromatic nitrogens is 2. The molecule has 4 rings (SSSR count). The molecule has 0 radical (unpaired) electrons. The van der Waals surface area contributed by atoms with Gasteiger partial charge in [-0.1, -0.05) is 6.07 Å². The summed E-state index contributed by atoms with van der Waals surface area (Å²) in [6.07, 6.45) is 3.72. The number of imidazole rings is 1. The summed E-state index contributed by atoms with van der Waals surface area (Å²) in [6, 6.07) is 9.06. The molecule has 10 nitrogen and oxygen atoms in total. The number of benzene rings is 2. The molecule has 1 aliphatic heterocycles. The summed E-state index contributed by atoms with van der Waals surface area (Å²) in [5.41, 5.74) is 2.09. The molecule has 0 unspecified atom stereocenters. The Hall–Kier alpha value is -4.08. The molecule has 0 bridgehead atoms. The Morgan fingerprint density at radius 3 is 2.53 bits per heavy atom. The third-order valence-electron chi connectivity index (χ3n) is 5.21. The number of carbonyl (C=O) groups is 1. The van der Waals surface area contributed by atoms with Crippen LogP contribution in [0.25, 0.3) is 0 Å². The molecule has 2 aromatic carbocycles. The van der Waals surface area contributed by atoms with Crippen LogP contribution in [-0.4, -0.2) is 31.7 Å². The second-order valence-electron chi connectivity index (χ2n) is 7.03. The molecule has 0 saturated heterocycles. The quantitative estimate of drug-likeness (QED) is 0.362. The lowest BCUT2D eigenvalue weighted by Crippen LogP contribution is -2.31. The summed E-state index contributed by atoms with van der Waals surface area (Å²) < 4.78 is 1.55. The predicted molar refractivity (Wildman–Crippen MR) is 108 cm³/mol. The van der Waals surface area contributed by atoms with E-state index in [-0.39, 0.29) is 22.8 Å². The Kier molecular flexibility index (Phi) is 4.74. The average molecular weight is 407 g/mol. The predicted octanol–water partition coefficient (Wildman–Crippen LogP) is 3.03. The summed E-state index contributed by atoms with van der Waals surface area (Å²) >= 11 is 0. The molecule has 2 heterocycles. The summed E-state index contributed by atoms with van der Waals surface area (Å²) in [4.78, 5) is 40.3. The number of anilines is 1. The van der Waals surface area contributed by atoms with Crippen LogP contribution in [0.15, 0.2) is 48.8 Å². The standard InChI is InChI=1S/C20H17N5O5/c1-22-9-7-21-20(22)19(26)14-3-5-17(18(11-14)25(29)30)23-8-6-13-2-4-16(24(27)28)10-15(13)12-23/h2-5,7,9-11H,6,8,12H2,1H3. The molecule has 0 saturated carbocycles. The molecule has 1 aliphatic rings. The Balaban J connectivity index is 1.69.